The van der Waals surface area contributed by atoms with Crippen molar-refractivity contribution < 1.29 is 23.7 Å². The first kappa shape index (κ1) is 28.6. The molecule has 0 saturated heterocycles. The largest absolute Gasteiger partial charge is 0.493 e. The Hall–Kier alpha value is -4.00. The summed E-state index contributed by atoms with van der Waals surface area (Å²) in [7, 11) is 3.15. The molecule has 38 heavy (non-hydrogen) atoms. The molecule has 0 aliphatic heterocycles. The van der Waals surface area contributed by atoms with Crippen LogP contribution in [0, 0.1) is 0 Å². The molecular formula is C31H38N2O5. The molecule has 0 aliphatic carbocycles. The number of nitrogens with one attached hydrogen (secondary N) is 1. The van der Waals surface area contributed by atoms with Gasteiger partial charge >= 0.3 is 0 Å². The fourth-order valence-electron chi connectivity index (χ4n) is 3.84. The second-order valence-electron chi connectivity index (χ2n) is 8.87. The number of carbonyl (C=O) groups is 1. The molecule has 0 atom stereocenters. The van der Waals surface area contributed by atoms with E-state index < -0.39 is 0 Å². The third-order valence-corrected chi connectivity index (χ3v) is 5.99. The normalized spacial score (nSPS) is 10.8. The Morgan fingerprint density at radius 2 is 1.47 bits per heavy atom. The van der Waals surface area contributed by atoms with Gasteiger partial charge in [-0.3, -0.25) is 4.79 Å². The molecule has 7 heteroatoms. The van der Waals surface area contributed by atoms with E-state index in [2.05, 4.69) is 17.5 Å². The van der Waals surface area contributed by atoms with Crippen molar-refractivity contribution in [2.24, 2.45) is 5.10 Å². The van der Waals surface area contributed by atoms with E-state index in [4.69, 9.17) is 18.9 Å². The Morgan fingerprint density at radius 3 is 2.24 bits per heavy atom. The lowest BCUT2D eigenvalue weighted by Crippen LogP contribution is -2.17. The quantitative estimate of drug-likeness (QED) is 0.128. The van der Waals surface area contributed by atoms with E-state index in [1.54, 1.807) is 38.6 Å². The van der Waals surface area contributed by atoms with Crippen LogP contribution in [-0.2, 0) is 6.61 Å². The highest BCUT2D eigenvalue weighted by molar-refractivity contribution is 5.95. The van der Waals surface area contributed by atoms with Gasteiger partial charge in [-0.2, -0.15) is 5.10 Å². The number of hydrogen-bond donors (Lipinski definition) is 1. The molecule has 0 unspecified atom stereocenters. The third-order valence-electron chi connectivity index (χ3n) is 5.99. The number of methoxy groups -OCH3 is 2. The first-order valence-corrected chi connectivity index (χ1v) is 13.1. The van der Waals surface area contributed by atoms with Crippen LogP contribution in [-0.4, -0.2) is 32.9 Å². The zero-order valence-electron chi connectivity index (χ0n) is 22.6. The average molecular weight is 519 g/mol. The SMILES string of the molecule is CCCCCCCCOc1ccc(/C=N/NC(=O)c2ccc(OCc3ccccc3)c(OC)c2)cc1OC. The van der Waals surface area contributed by atoms with E-state index in [-0.39, 0.29) is 5.91 Å². The van der Waals surface area contributed by atoms with E-state index in [0.29, 0.717) is 41.8 Å². The van der Waals surface area contributed by atoms with Crippen LogP contribution in [0.15, 0.2) is 71.8 Å². The van der Waals surface area contributed by atoms with Crippen LogP contribution in [0.4, 0.5) is 0 Å². The molecule has 7 nitrogen and oxygen atoms in total. The number of nitrogens with zero attached hydrogens (tertiary/aromatic N) is 1. The number of ether oxygens (including phenoxy) is 4. The standard InChI is InChI=1S/C31H38N2O5/c1-4-5-6-7-8-12-19-37-27-17-15-25(20-29(27)35-2)22-32-33-31(34)26-16-18-28(30(21-26)36-3)38-23-24-13-10-9-11-14-24/h9-11,13-18,20-22H,4-8,12,19,23H2,1-3H3,(H,33,34)/b32-22+. The van der Waals surface area contributed by atoms with Gasteiger partial charge in [0.1, 0.15) is 6.61 Å². The second kappa shape index (κ2) is 16.0. The monoisotopic (exact) mass is 518 g/mol. The Morgan fingerprint density at radius 1 is 0.789 bits per heavy atom. The summed E-state index contributed by atoms with van der Waals surface area (Å²) in [5, 5.41) is 4.09. The van der Waals surface area contributed by atoms with Gasteiger partial charge in [-0.1, -0.05) is 69.4 Å². The highest BCUT2D eigenvalue weighted by atomic mass is 16.5. The summed E-state index contributed by atoms with van der Waals surface area (Å²) in [6.07, 6.45) is 8.82. The average Bonchev–Trinajstić information content (AvgIpc) is 2.96. The van der Waals surface area contributed by atoms with Crippen molar-refractivity contribution in [1.29, 1.82) is 0 Å². The number of hydrazone groups is 1. The molecule has 0 aromatic heterocycles. The highest BCUT2D eigenvalue weighted by Crippen LogP contribution is 2.29. The van der Waals surface area contributed by atoms with Gasteiger partial charge in [0.25, 0.3) is 5.91 Å². The van der Waals surface area contributed by atoms with E-state index >= 15 is 0 Å². The molecule has 0 spiro atoms. The maximum Gasteiger partial charge on any atom is 0.271 e. The summed E-state index contributed by atoms with van der Waals surface area (Å²) in [5.74, 6) is 1.99. The van der Waals surface area contributed by atoms with Gasteiger partial charge in [0.05, 0.1) is 27.0 Å². The van der Waals surface area contributed by atoms with Gasteiger partial charge in [0.15, 0.2) is 23.0 Å². The molecule has 1 amide bonds. The zero-order chi connectivity index (χ0) is 27.0. The van der Waals surface area contributed by atoms with E-state index in [9.17, 15) is 4.79 Å². The van der Waals surface area contributed by atoms with Crippen molar-refractivity contribution in [3.63, 3.8) is 0 Å². The van der Waals surface area contributed by atoms with E-state index in [1.165, 1.54) is 32.1 Å². The lowest BCUT2D eigenvalue weighted by Gasteiger charge is -2.12. The minimum atomic E-state index is -0.361. The molecule has 0 fully saturated rings. The number of carbonyl (C=O) groups excluding carboxylic acids is 1. The van der Waals surface area contributed by atoms with Gasteiger partial charge in [-0.25, -0.2) is 5.43 Å². The van der Waals surface area contributed by atoms with E-state index in [1.807, 2.05) is 48.5 Å². The van der Waals surface area contributed by atoms with E-state index in [0.717, 1.165) is 17.5 Å². The van der Waals surface area contributed by atoms with Crippen molar-refractivity contribution >= 4 is 12.1 Å². The molecular weight excluding hydrogens is 480 g/mol. The Bertz CT molecular complexity index is 1160. The maximum absolute atomic E-state index is 12.6. The third kappa shape index (κ3) is 9.14. The number of benzene rings is 3. The van der Waals surface area contributed by atoms with Crippen LogP contribution in [0.1, 0.15) is 66.9 Å². The number of amides is 1. The van der Waals surface area contributed by atoms with Gasteiger partial charge in [-0.15, -0.1) is 0 Å². The minimum Gasteiger partial charge on any atom is -0.493 e. The van der Waals surface area contributed by atoms with Crippen molar-refractivity contribution in [3.8, 4) is 23.0 Å². The lowest BCUT2D eigenvalue weighted by atomic mass is 10.1. The van der Waals surface area contributed by atoms with Gasteiger partial charge < -0.3 is 18.9 Å². The van der Waals surface area contributed by atoms with Crippen LogP contribution in [0.3, 0.4) is 0 Å². The van der Waals surface area contributed by atoms with Crippen LogP contribution in [0.5, 0.6) is 23.0 Å². The van der Waals surface area contributed by atoms with Crippen molar-refractivity contribution in [1.82, 2.24) is 5.43 Å². The van der Waals surface area contributed by atoms with Crippen molar-refractivity contribution in [2.75, 3.05) is 20.8 Å². The van der Waals surface area contributed by atoms with Crippen LogP contribution >= 0.6 is 0 Å². The van der Waals surface area contributed by atoms with Crippen molar-refractivity contribution in [3.05, 3.63) is 83.4 Å². The van der Waals surface area contributed by atoms with Gasteiger partial charge in [0.2, 0.25) is 0 Å². The number of rotatable bonds is 16. The van der Waals surface area contributed by atoms with Crippen LogP contribution in [0.2, 0.25) is 0 Å². The molecule has 0 radical (unpaired) electrons. The van der Waals surface area contributed by atoms with Gasteiger partial charge in [-0.05, 0) is 53.9 Å². The number of unbranched alkanes of at least 4 members (excludes halogenated alkanes) is 5. The summed E-state index contributed by atoms with van der Waals surface area (Å²) in [6, 6.07) is 20.4. The topological polar surface area (TPSA) is 78.4 Å². The first-order chi connectivity index (χ1) is 18.6. The smallest absolute Gasteiger partial charge is 0.271 e. The Balaban J connectivity index is 1.51. The summed E-state index contributed by atoms with van der Waals surface area (Å²) >= 11 is 0. The highest BCUT2D eigenvalue weighted by Gasteiger charge is 2.11. The fraction of sp³-hybridized carbons (Fsp3) is 0.355. The summed E-state index contributed by atoms with van der Waals surface area (Å²) < 4.78 is 22.7. The number of hydrogen-bond acceptors (Lipinski definition) is 6. The summed E-state index contributed by atoms with van der Waals surface area (Å²) in [4.78, 5) is 12.6. The van der Waals surface area contributed by atoms with Crippen LogP contribution < -0.4 is 24.4 Å². The molecule has 0 saturated carbocycles. The lowest BCUT2D eigenvalue weighted by molar-refractivity contribution is 0.0954. The molecule has 3 aromatic carbocycles. The molecule has 3 aromatic rings. The zero-order valence-corrected chi connectivity index (χ0v) is 22.6. The molecule has 1 N–H and O–H groups in total. The molecule has 0 heterocycles. The van der Waals surface area contributed by atoms with Crippen molar-refractivity contribution in [2.45, 2.75) is 52.1 Å². The minimum absolute atomic E-state index is 0.361. The molecule has 0 aliphatic rings. The predicted octanol–water partition coefficient (Wildman–Crippen LogP) is 6.79. The maximum atomic E-state index is 12.6. The molecule has 0 bridgehead atoms. The molecule has 3 rings (SSSR count). The first-order valence-electron chi connectivity index (χ1n) is 13.1. The summed E-state index contributed by atoms with van der Waals surface area (Å²) in [5.41, 5.74) is 4.77. The summed E-state index contributed by atoms with van der Waals surface area (Å²) in [6.45, 7) is 3.28. The molecule has 202 valence electrons. The Kier molecular flexibility index (Phi) is 12.0. The van der Waals surface area contributed by atoms with Gasteiger partial charge in [0, 0.05) is 5.56 Å². The Labute approximate surface area is 225 Å². The van der Waals surface area contributed by atoms with Crippen LogP contribution in [0.25, 0.3) is 0 Å². The predicted molar refractivity (Wildman–Crippen MR) is 151 cm³/mol. The second-order valence-corrected chi connectivity index (χ2v) is 8.87. The fourth-order valence-corrected chi connectivity index (χ4v) is 3.84.